The van der Waals surface area contributed by atoms with Gasteiger partial charge in [-0.1, -0.05) is 6.07 Å². The van der Waals surface area contributed by atoms with E-state index < -0.39 is 5.97 Å². The molecule has 0 saturated heterocycles. The van der Waals surface area contributed by atoms with Crippen LogP contribution in [0.25, 0.3) is 0 Å². The second kappa shape index (κ2) is 3.35. The number of hydrogen-bond acceptors (Lipinski definition) is 3. The first kappa shape index (κ1) is 9.38. The van der Waals surface area contributed by atoms with Crippen LogP contribution in [0.5, 0.6) is 0 Å². The van der Waals surface area contributed by atoms with E-state index in [-0.39, 0.29) is 11.3 Å². The predicted molar refractivity (Wildman–Crippen MR) is 52.1 cm³/mol. The third-order valence-electron chi connectivity index (χ3n) is 1.94. The molecule has 0 atom stereocenters. The number of benzene rings is 1. The molecule has 1 rings (SSSR count). The summed E-state index contributed by atoms with van der Waals surface area (Å²) in [6, 6.07) is 3.49. The molecule has 0 fully saturated rings. The molecule has 0 saturated carbocycles. The number of aryl methyl sites for hydroxylation is 1. The summed E-state index contributed by atoms with van der Waals surface area (Å²) in [6.07, 6.45) is 0. The van der Waals surface area contributed by atoms with Crippen molar-refractivity contribution in [3.8, 4) is 0 Å². The smallest absolute Gasteiger partial charge is 0.338 e. The van der Waals surface area contributed by atoms with E-state index in [1.165, 1.54) is 0 Å². The van der Waals surface area contributed by atoms with E-state index in [1.54, 1.807) is 26.1 Å². The minimum Gasteiger partial charge on any atom is -0.478 e. The van der Waals surface area contributed by atoms with Crippen molar-refractivity contribution in [1.82, 2.24) is 0 Å². The van der Waals surface area contributed by atoms with Crippen LogP contribution in [0.15, 0.2) is 12.1 Å². The minimum atomic E-state index is -0.993. The van der Waals surface area contributed by atoms with Crippen molar-refractivity contribution in [2.24, 2.45) is 0 Å². The molecule has 0 spiro atoms. The van der Waals surface area contributed by atoms with Gasteiger partial charge in [-0.3, -0.25) is 0 Å². The number of carboxylic acids is 1. The second-order valence-corrected chi connectivity index (χ2v) is 2.77. The summed E-state index contributed by atoms with van der Waals surface area (Å²) in [5, 5.41) is 11.7. The Bertz CT molecular complexity index is 348. The maximum Gasteiger partial charge on any atom is 0.338 e. The molecule has 4 nitrogen and oxygen atoms in total. The van der Waals surface area contributed by atoms with Crippen LogP contribution < -0.4 is 11.1 Å². The van der Waals surface area contributed by atoms with Crippen LogP contribution in [-0.4, -0.2) is 18.1 Å². The molecule has 70 valence electrons. The standard InChI is InChI=1S/C9H12N2O2/c1-5-3-4-6(11-2)8(10)7(5)9(12)13/h3-4,11H,10H2,1-2H3,(H,12,13). The van der Waals surface area contributed by atoms with Gasteiger partial charge in [-0.2, -0.15) is 0 Å². The van der Waals surface area contributed by atoms with Crippen molar-refractivity contribution >= 4 is 17.3 Å². The first-order valence-corrected chi connectivity index (χ1v) is 3.88. The Morgan fingerprint density at radius 1 is 1.54 bits per heavy atom. The highest BCUT2D eigenvalue weighted by Gasteiger charge is 2.13. The Hall–Kier alpha value is -1.71. The fourth-order valence-electron chi connectivity index (χ4n) is 1.23. The van der Waals surface area contributed by atoms with Gasteiger partial charge in [-0.25, -0.2) is 4.79 Å². The van der Waals surface area contributed by atoms with Crippen LogP contribution in [0.3, 0.4) is 0 Å². The Kier molecular flexibility index (Phi) is 2.41. The van der Waals surface area contributed by atoms with Crippen molar-refractivity contribution in [2.45, 2.75) is 6.92 Å². The second-order valence-electron chi connectivity index (χ2n) is 2.77. The van der Waals surface area contributed by atoms with Gasteiger partial charge in [0.1, 0.15) is 0 Å². The summed E-state index contributed by atoms with van der Waals surface area (Å²) in [7, 11) is 1.70. The molecule has 0 heterocycles. The normalized spacial score (nSPS) is 9.69. The maximum absolute atomic E-state index is 10.8. The summed E-state index contributed by atoms with van der Waals surface area (Å²) in [4.78, 5) is 10.8. The molecule has 0 bridgehead atoms. The number of rotatable bonds is 2. The highest BCUT2D eigenvalue weighted by Crippen LogP contribution is 2.25. The number of nitrogen functional groups attached to an aromatic ring is 1. The molecule has 0 unspecified atom stereocenters. The van der Waals surface area contributed by atoms with Crippen LogP contribution >= 0.6 is 0 Å². The van der Waals surface area contributed by atoms with Crippen LogP contribution in [-0.2, 0) is 0 Å². The molecule has 0 aliphatic heterocycles. The highest BCUT2D eigenvalue weighted by atomic mass is 16.4. The first-order valence-electron chi connectivity index (χ1n) is 3.88. The number of aromatic carboxylic acids is 1. The molecular formula is C9H12N2O2. The number of anilines is 2. The number of carboxylic acid groups (broad SMARTS) is 1. The SMILES string of the molecule is CNc1ccc(C)c(C(=O)O)c1N. The lowest BCUT2D eigenvalue weighted by molar-refractivity contribution is 0.0697. The van der Waals surface area contributed by atoms with Gasteiger partial charge in [0.25, 0.3) is 0 Å². The molecule has 4 heteroatoms. The number of hydrogen-bond donors (Lipinski definition) is 3. The average Bonchev–Trinajstić information content (AvgIpc) is 2.04. The zero-order valence-electron chi connectivity index (χ0n) is 7.59. The zero-order chi connectivity index (χ0) is 10.0. The van der Waals surface area contributed by atoms with Crippen molar-refractivity contribution in [3.05, 3.63) is 23.3 Å². The summed E-state index contributed by atoms with van der Waals surface area (Å²) in [5.41, 5.74) is 7.42. The van der Waals surface area contributed by atoms with E-state index >= 15 is 0 Å². The lowest BCUT2D eigenvalue weighted by atomic mass is 10.1. The van der Waals surface area contributed by atoms with Gasteiger partial charge >= 0.3 is 5.97 Å². The van der Waals surface area contributed by atoms with E-state index in [9.17, 15) is 4.79 Å². The average molecular weight is 180 g/mol. The van der Waals surface area contributed by atoms with Crippen LogP contribution in [0.2, 0.25) is 0 Å². The Morgan fingerprint density at radius 3 is 2.62 bits per heavy atom. The third kappa shape index (κ3) is 1.56. The van der Waals surface area contributed by atoms with Crippen molar-refractivity contribution in [3.63, 3.8) is 0 Å². The van der Waals surface area contributed by atoms with Crippen LogP contribution in [0, 0.1) is 6.92 Å². The molecule has 0 aliphatic carbocycles. The third-order valence-corrected chi connectivity index (χ3v) is 1.94. The largest absolute Gasteiger partial charge is 0.478 e. The Morgan fingerprint density at radius 2 is 2.15 bits per heavy atom. The van der Waals surface area contributed by atoms with E-state index in [0.717, 1.165) is 0 Å². The zero-order valence-corrected chi connectivity index (χ0v) is 7.59. The van der Waals surface area contributed by atoms with Gasteiger partial charge in [0.05, 0.1) is 16.9 Å². The summed E-state index contributed by atoms with van der Waals surface area (Å²) >= 11 is 0. The van der Waals surface area contributed by atoms with Gasteiger partial charge in [0.2, 0.25) is 0 Å². The quantitative estimate of drug-likeness (QED) is 0.600. The monoisotopic (exact) mass is 180 g/mol. The van der Waals surface area contributed by atoms with E-state index in [1.807, 2.05) is 0 Å². The number of carbonyl (C=O) groups is 1. The van der Waals surface area contributed by atoms with Crippen LogP contribution in [0.1, 0.15) is 15.9 Å². The fourth-order valence-corrected chi connectivity index (χ4v) is 1.23. The van der Waals surface area contributed by atoms with Gasteiger partial charge in [-0.15, -0.1) is 0 Å². The fraction of sp³-hybridized carbons (Fsp3) is 0.222. The summed E-state index contributed by atoms with van der Waals surface area (Å²) in [6.45, 7) is 1.72. The lowest BCUT2D eigenvalue weighted by Gasteiger charge is -2.09. The molecule has 1 aromatic rings. The van der Waals surface area contributed by atoms with Gasteiger partial charge in [0, 0.05) is 7.05 Å². The van der Waals surface area contributed by atoms with E-state index in [4.69, 9.17) is 10.8 Å². The lowest BCUT2D eigenvalue weighted by Crippen LogP contribution is -2.07. The minimum absolute atomic E-state index is 0.173. The summed E-state index contributed by atoms with van der Waals surface area (Å²) in [5.74, 6) is -0.993. The van der Waals surface area contributed by atoms with E-state index in [2.05, 4.69) is 5.32 Å². The molecule has 4 N–H and O–H groups in total. The molecule has 13 heavy (non-hydrogen) atoms. The predicted octanol–water partition coefficient (Wildman–Crippen LogP) is 1.32. The number of nitrogens with two attached hydrogens (primary N) is 1. The topological polar surface area (TPSA) is 75.3 Å². The molecule has 0 amide bonds. The van der Waals surface area contributed by atoms with Gasteiger partial charge < -0.3 is 16.2 Å². The van der Waals surface area contributed by atoms with E-state index in [0.29, 0.717) is 11.3 Å². The Balaban J connectivity index is 3.38. The van der Waals surface area contributed by atoms with Gasteiger partial charge in [0.15, 0.2) is 0 Å². The Labute approximate surface area is 76.4 Å². The van der Waals surface area contributed by atoms with Gasteiger partial charge in [-0.05, 0) is 18.6 Å². The highest BCUT2D eigenvalue weighted by molar-refractivity contribution is 5.98. The van der Waals surface area contributed by atoms with Crippen LogP contribution in [0.4, 0.5) is 11.4 Å². The molecule has 0 aromatic heterocycles. The van der Waals surface area contributed by atoms with Crippen molar-refractivity contribution in [1.29, 1.82) is 0 Å². The van der Waals surface area contributed by atoms with Crippen molar-refractivity contribution in [2.75, 3.05) is 18.1 Å². The summed E-state index contributed by atoms with van der Waals surface area (Å²) < 4.78 is 0. The maximum atomic E-state index is 10.8. The molecule has 1 aromatic carbocycles. The van der Waals surface area contributed by atoms with Crippen molar-refractivity contribution < 1.29 is 9.90 Å². The molecule has 0 aliphatic rings. The number of nitrogens with one attached hydrogen (secondary N) is 1. The molecule has 0 radical (unpaired) electrons. The first-order chi connectivity index (χ1) is 6.07. The molecular weight excluding hydrogens is 168 g/mol.